The van der Waals surface area contributed by atoms with E-state index in [0.29, 0.717) is 5.75 Å². The van der Waals surface area contributed by atoms with Gasteiger partial charge in [0.15, 0.2) is 5.16 Å². The highest BCUT2D eigenvalue weighted by Crippen LogP contribution is 2.28. The first-order valence-electron chi connectivity index (χ1n) is 8.67. The largest absolute Gasteiger partial charge is 0.311 e. The molecule has 0 saturated carbocycles. The van der Waals surface area contributed by atoms with E-state index in [1.807, 2.05) is 23.1 Å². The molecule has 0 aliphatic carbocycles. The number of para-hydroxylation sites is 1. The van der Waals surface area contributed by atoms with Gasteiger partial charge in [-0.1, -0.05) is 36.9 Å². The van der Waals surface area contributed by atoms with Gasteiger partial charge in [0.2, 0.25) is 5.91 Å². The summed E-state index contributed by atoms with van der Waals surface area (Å²) in [5.74, 6) is 1.56. The first-order valence-corrected chi connectivity index (χ1v) is 9.66. The van der Waals surface area contributed by atoms with Gasteiger partial charge in [-0.25, -0.2) is 0 Å². The Hall–Kier alpha value is -1.82. The minimum atomic E-state index is 0.148. The van der Waals surface area contributed by atoms with E-state index in [9.17, 15) is 4.79 Å². The molecule has 3 rings (SSSR count). The van der Waals surface area contributed by atoms with Crippen molar-refractivity contribution >= 4 is 23.4 Å². The Kier molecular flexibility index (Phi) is 5.56. The minimum Gasteiger partial charge on any atom is -0.311 e. The Morgan fingerprint density at radius 1 is 1.25 bits per heavy atom. The van der Waals surface area contributed by atoms with E-state index in [1.165, 1.54) is 17.3 Å². The highest BCUT2D eigenvalue weighted by Gasteiger charge is 2.23. The number of benzene rings is 1. The molecule has 5 nitrogen and oxygen atoms in total. The normalized spacial score (nSPS) is 13.8. The van der Waals surface area contributed by atoms with E-state index in [4.69, 9.17) is 0 Å². The van der Waals surface area contributed by atoms with Crippen LogP contribution in [0.25, 0.3) is 0 Å². The molecule has 0 N–H and O–H groups in total. The van der Waals surface area contributed by atoms with Gasteiger partial charge >= 0.3 is 0 Å². The van der Waals surface area contributed by atoms with E-state index in [0.717, 1.165) is 55.4 Å². The summed E-state index contributed by atoms with van der Waals surface area (Å²) < 4.78 is 2.12. The number of aromatic nitrogens is 3. The number of amides is 1. The third-order valence-corrected chi connectivity index (χ3v) is 5.27. The van der Waals surface area contributed by atoms with Crippen molar-refractivity contribution in [2.45, 2.75) is 51.2 Å². The lowest BCUT2D eigenvalue weighted by atomic mass is 10.0. The molecule has 0 unspecified atom stereocenters. The first-order chi connectivity index (χ1) is 11.7. The third-order valence-electron chi connectivity index (χ3n) is 4.32. The van der Waals surface area contributed by atoms with Gasteiger partial charge in [-0.15, -0.1) is 10.2 Å². The Labute approximate surface area is 147 Å². The van der Waals surface area contributed by atoms with Crippen LogP contribution in [0, 0.1) is 0 Å². The number of fused-ring (bicyclic) bond motifs is 1. The summed E-state index contributed by atoms with van der Waals surface area (Å²) in [7, 11) is 0. The van der Waals surface area contributed by atoms with E-state index >= 15 is 0 Å². The van der Waals surface area contributed by atoms with E-state index < -0.39 is 0 Å². The Morgan fingerprint density at radius 3 is 2.88 bits per heavy atom. The quantitative estimate of drug-likeness (QED) is 0.754. The Morgan fingerprint density at radius 2 is 2.08 bits per heavy atom. The molecule has 24 heavy (non-hydrogen) atoms. The molecule has 0 fully saturated rings. The molecule has 0 saturated heterocycles. The number of hydrogen-bond donors (Lipinski definition) is 0. The SMILES string of the molecule is CCCc1nnc(SCC(=O)N2CCCc3ccccc32)n1CC. The maximum absolute atomic E-state index is 12.7. The molecule has 6 heteroatoms. The van der Waals surface area contributed by atoms with Crippen LogP contribution >= 0.6 is 11.8 Å². The van der Waals surface area contributed by atoms with Crippen LogP contribution in [-0.4, -0.2) is 33.0 Å². The zero-order valence-electron chi connectivity index (χ0n) is 14.4. The lowest BCUT2D eigenvalue weighted by Crippen LogP contribution is -2.36. The number of hydrogen-bond acceptors (Lipinski definition) is 4. The van der Waals surface area contributed by atoms with Crippen LogP contribution in [0.1, 0.15) is 38.1 Å². The van der Waals surface area contributed by atoms with Crippen LogP contribution in [0.15, 0.2) is 29.4 Å². The second kappa shape index (κ2) is 7.83. The average Bonchev–Trinajstić information content (AvgIpc) is 3.01. The van der Waals surface area contributed by atoms with Crippen molar-refractivity contribution < 1.29 is 4.79 Å². The van der Waals surface area contributed by atoms with Crippen molar-refractivity contribution in [3.63, 3.8) is 0 Å². The summed E-state index contributed by atoms with van der Waals surface area (Å²) in [5.41, 5.74) is 2.34. The minimum absolute atomic E-state index is 0.148. The summed E-state index contributed by atoms with van der Waals surface area (Å²) in [6.07, 6.45) is 4.05. The molecule has 0 atom stereocenters. The van der Waals surface area contributed by atoms with Gasteiger partial charge in [0.1, 0.15) is 5.82 Å². The zero-order chi connectivity index (χ0) is 16.9. The Balaban J connectivity index is 1.69. The maximum Gasteiger partial charge on any atom is 0.237 e. The fourth-order valence-electron chi connectivity index (χ4n) is 3.15. The topological polar surface area (TPSA) is 51.0 Å². The number of carbonyl (C=O) groups excluding carboxylic acids is 1. The summed E-state index contributed by atoms with van der Waals surface area (Å²) in [6.45, 7) is 5.87. The van der Waals surface area contributed by atoms with Gasteiger partial charge in [0, 0.05) is 25.2 Å². The fourth-order valence-corrected chi connectivity index (χ4v) is 4.05. The van der Waals surface area contributed by atoms with Crippen molar-refractivity contribution in [1.82, 2.24) is 14.8 Å². The number of aryl methyl sites for hydroxylation is 2. The second-order valence-electron chi connectivity index (χ2n) is 5.96. The van der Waals surface area contributed by atoms with Crippen LogP contribution < -0.4 is 4.90 Å². The molecule has 0 spiro atoms. The summed E-state index contributed by atoms with van der Waals surface area (Å²) in [6, 6.07) is 8.21. The third kappa shape index (κ3) is 3.48. The molecule has 2 aromatic rings. The van der Waals surface area contributed by atoms with Gasteiger partial charge in [-0.2, -0.15) is 0 Å². The van der Waals surface area contributed by atoms with Crippen molar-refractivity contribution in [1.29, 1.82) is 0 Å². The molecule has 1 aliphatic heterocycles. The highest BCUT2D eigenvalue weighted by atomic mass is 32.2. The van der Waals surface area contributed by atoms with Crippen LogP contribution in [0.5, 0.6) is 0 Å². The number of nitrogens with zero attached hydrogens (tertiary/aromatic N) is 4. The van der Waals surface area contributed by atoms with Crippen molar-refractivity contribution in [3.05, 3.63) is 35.7 Å². The predicted octanol–water partition coefficient (Wildman–Crippen LogP) is 3.32. The maximum atomic E-state index is 12.7. The molecule has 1 aromatic heterocycles. The molecule has 1 aliphatic rings. The fraction of sp³-hybridized carbons (Fsp3) is 0.500. The molecule has 1 amide bonds. The molecule has 0 bridgehead atoms. The van der Waals surface area contributed by atoms with Crippen molar-refractivity contribution in [3.8, 4) is 0 Å². The van der Waals surface area contributed by atoms with Gasteiger partial charge in [0.05, 0.1) is 5.75 Å². The summed E-state index contributed by atoms with van der Waals surface area (Å²) >= 11 is 1.49. The Bertz CT molecular complexity index is 713. The monoisotopic (exact) mass is 344 g/mol. The van der Waals surface area contributed by atoms with E-state index in [1.54, 1.807) is 0 Å². The molecule has 128 valence electrons. The lowest BCUT2D eigenvalue weighted by molar-refractivity contribution is -0.116. The standard InChI is InChI=1S/C18H24N4OS/c1-3-8-16-19-20-18(21(16)4-2)24-13-17(23)22-12-7-10-14-9-5-6-11-15(14)22/h5-6,9,11H,3-4,7-8,10,12-13H2,1-2H3. The van der Waals surface area contributed by atoms with Crippen LogP contribution in [0.3, 0.4) is 0 Å². The predicted molar refractivity (Wildman–Crippen MR) is 97.5 cm³/mol. The van der Waals surface area contributed by atoms with E-state index in [-0.39, 0.29) is 5.91 Å². The zero-order valence-corrected chi connectivity index (χ0v) is 15.2. The van der Waals surface area contributed by atoms with Gasteiger partial charge in [-0.3, -0.25) is 4.79 Å². The van der Waals surface area contributed by atoms with Gasteiger partial charge in [0.25, 0.3) is 0 Å². The number of rotatable bonds is 6. The molecule has 0 radical (unpaired) electrons. The van der Waals surface area contributed by atoms with E-state index in [2.05, 4.69) is 34.7 Å². The number of carbonyl (C=O) groups is 1. The van der Waals surface area contributed by atoms with Gasteiger partial charge < -0.3 is 9.47 Å². The number of anilines is 1. The molecule has 2 heterocycles. The number of thioether (sulfide) groups is 1. The van der Waals surface area contributed by atoms with Crippen LogP contribution in [-0.2, 0) is 24.2 Å². The second-order valence-corrected chi connectivity index (χ2v) is 6.90. The molecule has 1 aromatic carbocycles. The summed E-state index contributed by atoms with van der Waals surface area (Å²) in [4.78, 5) is 14.6. The van der Waals surface area contributed by atoms with Crippen LogP contribution in [0.4, 0.5) is 5.69 Å². The van der Waals surface area contributed by atoms with Crippen molar-refractivity contribution in [2.75, 3.05) is 17.2 Å². The van der Waals surface area contributed by atoms with Crippen LogP contribution in [0.2, 0.25) is 0 Å². The molecular weight excluding hydrogens is 320 g/mol. The molecular formula is C18H24N4OS. The average molecular weight is 344 g/mol. The van der Waals surface area contributed by atoms with Crippen molar-refractivity contribution in [2.24, 2.45) is 0 Å². The lowest BCUT2D eigenvalue weighted by Gasteiger charge is -2.29. The first kappa shape index (κ1) is 17.0. The van der Waals surface area contributed by atoms with Gasteiger partial charge in [-0.05, 0) is 37.8 Å². The smallest absolute Gasteiger partial charge is 0.237 e. The summed E-state index contributed by atoms with van der Waals surface area (Å²) in [5, 5.41) is 9.39. The highest BCUT2D eigenvalue weighted by molar-refractivity contribution is 7.99.